The van der Waals surface area contributed by atoms with Crippen molar-refractivity contribution in [3.8, 4) is 0 Å². The Bertz CT molecular complexity index is 243. The maximum Gasteiger partial charge on any atom is 0.326 e. The van der Waals surface area contributed by atoms with Gasteiger partial charge in [0, 0.05) is 6.54 Å². The van der Waals surface area contributed by atoms with E-state index < -0.39 is 11.2 Å². The lowest BCUT2D eigenvalue weighted by atomic mass is 9.97. The zero-order chi connectivity index (χ0) is 11.7. The summed E-state index contributed by atoms with van der Waals surface area (Å²) in [4.78, 5) is 11.9. The van der Waals surface area contributed by atoms with Crippen molar-refractivity contribution in [1.82, 2.24) is 5.32 Å². The van der Waals surface area contributed by atoms with Crippen molar-refractivity contribution in [3.05, 3.63) is 0 Å². The van der Waals surface area contributed by atoms with E-state index >= 15 is 0 Å². The Balaban J connectivity index is 2.65. The number of hydrogen-bond acceptors (Lipinski definition) is 4. The van der Waals surface area contributed by atoms with E-state index in [0.717, 1.165) is 0 Å². The lowest BCUT2D eigenvalue weighted by Gasteiger charge is -2.38. The molecule has 0 amide bonds. The first-order valence-corrected chi connectivity index (χ1v) is 5.32. The summed E-state index contributed by atoms with van der Waals surface area (Å²) in [6.07, 6.45) is 0. The van der Waals surface area contributed by atoms with Gasteiger partial charge in [-0.05, 0) is 34.6 Å². The Morgan fingerprint density at radius 3 is 2.53 bits per heavy atom. The summed E-state index contributed by atoms with van der Waals surface area (Å²) >= 11 is 0. The molecule has 1 unspecified atom stereocenters. The molecule has 0 bridgehead atoms. The Morgan fingerprint density at radius 1 is 1.47 bits per heavy atom. The van der Waals surface area contributed by atoms with Crippen molar-refractivity contribution in [3.63, 3.8) is 0 Å². The molecule has 0 aromatic rings. The van der Waals surface area contributed by atoms with Gasteiger partial charge in [0.15, 0.2) is 0 Å². The second kappa shape index (κ2) is 4.10. The van der Waals surface area contributed by atoms with Crippen molar-refractivity contribution in [2.45, 2.75) is 51.9 Å². The van der Waals surface area contributed by atoms with Gasteiger partial charge in [-0.25, -0.2) is 0 Å². The second-order valence-corrected chi connectivity index (χ2v) is 5.37. The fourth-order valence-electron chi connectivity index (χ4n) is 1.57. The molecule has 4 heteroatoms. The number of rotatable bonds is 1. The van der Waals surface area contributed by atoms with Crippen LogP contribution in [0.25, 0.3) is 0 Å². The zero-order valence-electron chi connectivity index (χ0n) is 10.2. The summed E-state index contributed by atoms with van der Waals surface area (Å²) in [5.74, 6) is -0.243. The van der Waals surface area contributed by atoms with Gasteiger partial charge in [-0.1, -0.05) is 0 Å². The van der Waals surface area contributed by atoms with Crippen LogP contribution >= 0.6 is 0 Å². The van der Waals surface area contributed by atoms with Crippen molar-refractivity contribution in [1.29, 1.82) is 0 Å². The van der Waals surface area contributed by atoms with Gasteiger partial charge in [0.1, 0.15) is 11.6 Å². The van der Waals surface area contributed by atoms with Crippen molar-refractivity contribution in [2.24, 2.45) is 0 Å². The molecule has 1 rings (SSSR count). The molecular formula is C11H21NO3. The van der Waals surface area contributed by atoms with Crippen molar-refractivity contribution < 1.29 is 14.3 Å². The molecule has 0 aromatic carbocycles. The van der Waals surface area contributed by atoms with Gasteiger partial charge in [-0.15, -0.1) is 0 Å². The molecule has 1 atom stereocenters. The molecule has 4 nitrogen and oxygen atoms in total. The molecule has 1 saturated heterocycles. The van der Waals surface area contributed by atoms with Crippen LogP contribution in [0.1, 0.15) is 34.6 Å². The molecule has 0 saturated carbocycles. The minimum Gasteiger partial charge on any atom is -0.459 e. The van der Waals surface area contributed by atoms with Gasteiger partial charge in [0.05, 0.1) is 12.2 Å². The quantitative estimate of drug-likeness (QED) is 0.665. The van der Waals surface area contributed by atoms with Crippen LogP contribution in [0.5, 0.6) is 0 Å². The Morgan fingerprint density at radius 2 is 2.07 bits per heavy atom. The van der Waals surface area contributed by atoms with E-state index in [4.69, 9.17) is 9.47 Å². The molecule has 1 aliphatic rings. The zero-order valence-corrected chi connectivity index (χ0v) is 10.2. The van der Waals surface area contributed by atoms with E-state index in [2.05, 4.69) is 5.32 Å². The predicted octanol–water partition coefficient (Wildman–Crippen LogP) is 1.10. The van der Waals surface area contributed by atoms with Crippen LogP contribution < -0.4 is 5.32 Å². The third kappa shape index (κ3) is 3.47. The minimum absolute atomic E-state index is 0.243. The molecule has 0 aromatic heterocycles. The third-order valence-electron chi connectivity index (χ3n) is 2.26. The first-order chi connectivity index (χ1) is 6.72. The molecule has 1 fully saturated rings. The number of ether oxygens (including phenoxy) is 2. The van der Waals surface area contributed by atoms with Crippen LogP contribution in [0, 0.1) is 0 Å². The average Bonchev–Trinajstić information content (AvgIpc) is 1.99. The van der Waals surface area contributed by atoms with E-state index in [1.807, 2.05) is 34.6 Å². The summed E-state index contributed by atoms with van der Waals surface area (Å²) in [5.41, 5.74) is -0.952. The topological polar surface area (TPSA) is 47.6 Å². The van der Waals surface area contributed by atoms with E-state index in [9.17, 15) is 4.79 Å². The molecule has 1 heterocycles. The van der Waals surface area contributed by atoms with Crippen LogP contribution in [0.4, 0.5) is 0 Å². The van der Waals surface area contributed by atoms with Crippen molar-refractivity contribution >= 4 is 5.97 Å². The first-order valence-electron chi connectivity index (χ1n) is 5.32. The van der Waals surface area contributed by atoms with Gasteiger partial charge >= 0.3 is 5.97 Å². The highest BCUT2D eigenvalue weighted by Gasteiger charge is 2.40. The van der Waals surface area contributed by atoms with E-state index in [1.165, 1.54) is 0 Å². The highest BCUT2D eigenvalue weighted by molar-refractivity contribution is 5.77. The monoisotopic (exact) mass is 215 g/mol. The normalized spacial score (nSPS) is 26.1. The highest BCUT2D eigenvalue weighted by Crippen LogP contribution is 2.21. The van der Waals surface area contributed by atoms with Gasteiger partial charge in [-0.3, -0.25) is 10.1 Å². The summed E-state index contributed by atoms with van der Waals surface area (Å²) < 4.78 is 10.9. The van der Waals surface area contributed by atoms with Crippen LogP contribution in [-0.4, -0.2) is 36.4 Å². The first kappa shape index (κ1) is 12.5. The minimum atomic E-state index is -0.499. The standard InChI is InChI=1S/C11H21NO3/c1-10(2,3)15-9(13)8-11(4,5)14-7-6-12-8/h8,12H,6-7H2,1-5H3. The van der Waals surface area contributed by atoms with Gasteiger partial charge in [0.2, 0.25) is 0 Å². The SMILES string of the molecule is CC(C)(C)OC(=O)C1NCCOC1(C)C. The second-order valence-electron chi connectivity index (χ2n) is 5.37. The number of carbonyl (C=O) groups is 1. The maximum atomic E-state index is 11.9. The lowest BCUT2D eigenvalue weighted by molar-refractivity contribution is -0.170. The number of carbonyl (C=O) groups excluding carboxylic acids is 1. The van der Waals surface area contributed by atoms with Crippen LogP contribution in [0.3, 0.4) is 0 Å². The summed E-state index contributed by atoms with van der Waals surface area (Å²) in [6.45, 7) is 10.7. The largest absolute Gasteiger partial charge is 0.459 e. The smallest absolute Gasteiger partial charge is 0.326 e. The molecule has 88 valence electrons. The summed E-state index contributed by atoms with van der Waals surface area (Å²) in [7, 11) is 0. The average molecular weight is 215 g/mol. The number of morpholine rings is 1. The maximum absolute atomic E-state index is 11.9. The van der Waals surface area contributed by atoms with Crippen LogP contribution in [0.2, 0.25) is 0 Å². The van der Waals surface area contributed by atoms with Gasteiger partial charge in [-0.2, -0.15) is 0 Å². The fraction of sp³-hybridized carbons (Fsp3) is 0.909. The number of esters is 1. The third-order valence-corrected chi connectivity index (χ3v) is 2.26. The Kier molecular flexibility index (Phi) is 3.41. The molecule has 0 radical (unpaired) electrons. The number of hydrogen-bond donors (Lipinski definition) is 1. The highest BCUT2D eigenvalue weighted by atomic mass is 16.6. The molecule has 0 aliphatic carbocycles. The molecule has 0 spiro atoms. The predicted molar refractivity (Wildman–Crippen MR) is 57.7 cm³/mol. The van der Waals surface area contributed by atoms with E-state index in [1.54, 1.807) is 0 Å². The van der Waals surface area contributed by atoms with Gasteiger partial charge < -0.3 is 9.47 Å². The van der Waals surface area contributed by atoms with E-state index in [-0.39, 0.29) is 12.0 Å². The Hall–Kier alpha value is -0.610. The fourth-order valence-corrected chi connectivity index (χ4v) is 1.57. The van der Waals surface area contributed by atoms with Crippen LogP contribution in [-0.2, 0) is 14.3 Å². The molecular weight excluding hydrogens is 194 g/mol. The molecule has 1 aliphatic heterocycles. The summed E-state index contributed by atoms with van der Waals surface area (Å²) in [6, 6.07) is -0.384. The van der Waals surface area contributed by atoms with Gasteiger partial charge in [0.25, 0.3) is 0 Å². The van der Waals surface area contributed by atoms with E-state index in [0.29, 0.717) is 13.2 Å². The summed E-state index contributed by atoms with van der Waals surface area (Å²) in [5, 5.41) is 3.13. The molecule has 15 heavy (non-hydrogen) atoms. The lowest BCUT2D eigenvalue weighted by Crippen LogP contribution is -2.59. The molecule has 1 N–H and O–H groups in total. The van der Waals surface area contributed by atoms with Crippen LogP contribution in [0.15, 0.2) is 0 Å². The number of nitrogens with one attached hydrogen (secondary N) is 1. The van der Waals surface area contributed by atoms with Crippen molar-refractivity contribution in [2.75, 3.05) is 13.2 Å². The Labute approximate surface area is 91.3 Å².